The molecule has 5 nitrogen and oxygen atoms in total. The van der Waals surface area contributed by atoms with Crippen molar-refractivity contribution < 1.29 is 31.3 Å². The minimum absolute atomic E-state index is 0.0317. The maximum absolute atomic E-state index is 12.5. The smallest absolute Gasteiger partial charge is 0.333 e. The van der Waals surface area contributed by atoms with Crippen molar-refractivity contribution in [2.24, 2.45) is 0 Å². The molecule has 0 radical (unpaired) electrons. The SMILES string of the molecule is C=C(C)C(=O)OCC(F)S(=O)(=O)OF.CC(C)(C)c1ccccc1[S+](c1ccccc1)c1ccccc1. The monoisotopic (exact) mass is 549 g/mol. The Labute approximate surface area is 220 Å². The van der Waals surface area contributed by atoms with Crippen molar-refractivity contribution in [1.29, 1.82) is 0 Å². The minimum atomic E-state index is -4.96. The molecule has 9 heteroatoms. The van der Waals surface area contributed by atoms with Gasteiger partial charge >= 0.3 is 16.1 Å². The fourth-order valence-electron chi connectivity index (χ4n) is 3.15. The number of hydrogen-bond donors (Lipinski definition) is 0. The van der Waals surface area contributed by atoms with Gasteiger partial charge in [-0.2, -0.15) is 8.42 Å². The molecular formula is C28H31F2O5S2+. The standard InChI is InChI=1S/C22H23S.C6H8F2O5S/c1-22(2,3)20-16-10-11-17-21(20)23(18-12-6-4-7-13-18)19-14-8-5-9-15-19;1-4(2)6(9)12-3-5(7)14(10,11)13-8/h4-17H,1-3H3;5H,1,3H2,2H3/q+1;. The molecule has 0 aliphatic rings. The van der Waals surface area contributed by atoms with E-state index >= 15 is 0 Å². The molecule has 3 aromatic rings. The van der Waals surface area contributed by atoms with E-state index in [2.05, 4.69) is 121 Å². The Bertz CT molecular complexity index is 1240. The van der Waals surface area contributed by atoms with Crippen LogP contribution in [0, 0.1) is 0 Å². The molecule has 198 valence electrons. The van der Waals surface area contributed by atoms with Crippen LogP contribution in [-0.2, 0) is 40.3 Å². The molecule has 0 aliphatic carbocycles. The largest absolute Gasteiger partial charge is 0.458 e. The first-order valence-corrected chi connectivity index (χ1v) is 14.0. The highest BCUT2D eigenvalue weighted by molar-refractivity contribution is 7.97. The van der Waals surface area contributed by atoms with E-state index in [1.54, 1.807) is 0 Å². The first kappa shape index (κ1) is 30.2. The highest BCUT2D eigenvalue weighted by atomic mass is 32.2. The number of rotatable bonds is 8. The van der Waals surface area contributed by atoms with Crippen molar-refractivity contribution in [1.82, 2.24) is 0 Å². The number of alkyl halides is 1. The fourth-order valence-corrected chi connectivity index (χ4v) is 5.92. The van der Waals surface area contributed by atoms with Gasteiger partial charge in [-0.25, -0.2) is 9.18 Å². The first-order valence-electron chi connectivity index (χ1n) is 11.3. The van der Waals surface area contributed by atoms with Gasteiger partial charge in [0.05, 0.1) is 10.9 Å². The molecule has 37 heavy (non-hydrogen) atoms. The quantitative estimate of drug-likeness (QED) is 0.177. The summed E-state index contributed by atoms with van der Waals surface area (Å²) in [5.41, 5.74) is -1.23. The topological polar surface area (TPSA) is 69.7 Å². The van der Waals surface area contributed by atoms with Gasteiger partial charge in [0, 0.05) is 11.1 Å². The van der Waals surface area contributed by atoms with Crippen LogP contribution in [0.5, 0.6) is 0 Å². The zero-order valence-electron chi connectivity index (χ0n) is 21.2. The Kier molecular flexibility index (Phi) is 11.0. The van der Waals surface area contributed by atoms with Crippen LogP contribution >= 0.6 is 0 Å². The molecule has 1 unspecified atom stereocenters. The molecule has 0 saturated carbocycles. The van der Waals surface area contributed by atoms with E-state index in [1.165, 1.54) is 27.2 Å². The van der Waals surface area contributed by atoms with Gasteiger partial charge in [0.25, 0.3) is 5.50 Å². The number of carbonyl (C=O) groups is 1. The summed E-state index contributed by atoms with van der Waals surface area (Å²) in [4.78, 5) is 14.8. The number of ether oxygens (including phenoxy) is 1. The maximum Gasteiger partial charge on any atom is 0.333 e. The Balaban J connectivity index is 0.000000298. The first-order chi connectivity index (χ1) is 17.4. The van der Waals surface area contributed by atoms with Crippen molar-refractivity contribution in [2.75, 3.05) is 6.61 Å². The molecule has 3 aromatic carbocycles. The number of benzene rings is 3. The molecule has 0 N–H and O–H groups in total. The average molecular weight is 550 g/mol. The van der Waals surface area contributed by atoms with Crippen molar-refractivity contribution in [3.8, 4) is 0 Å². The van der Waals surface area contributed by atoms with Crippen LogP contribution in [0.15, 0.2) is 112 Å². The number of carbonyl (C=O) groups excluding carboxylic acids is 1. The van der Waals surface area contributed by atoms with Gasteiger partial charge in [-0.15, -0.1) is 0 Å². The molecule has 0 aliphatic heterocycles. The Morgan fingerprint density at radius 1 is 0.919 bits per heavy atom. The van der Waals surface area contributed by atoms with Crippen LogP contribution < -0.4 is 0 Å². The van der Waals surface area contributed by atoms with Crippen LogP contribution in [0.4, 0.5) is 8.92 Å². The summed E-state index contributed by atoms with van der Waals surface area (Å²) >= 11 is 0. The summed E-state index contributed by atoms with van der Waals surface area (Å²) in [5, 5.41) is 0. The third-order valence-corrected chi connectivity index (χ3v) is 8.19. The highest BCUT2D eigenvalue weighted by Crippen LogP contribution is 2.37. The second kappa shape index (κ2) is 13.5. The van der Waals surface area contributed by atoms with Crippen molar-refractivity contribution in [3.63, 3.8) is 0 Å². The lowest BCUT2D eigenvalue weighted by Gasteiger charge is -2.22. The fraction of sp³-hybridized carbons (Fsp3) is 0.250. The van der Waals surface area contributed by atoms with Crippen molar-refractivity contribution in [2.45, 2.75) is 53.3 Å². The van der Waals surface area contributed by atoms with Gasteiger partial charge in [0.1, 0.15) is 6.61 Å². The summed E-state index contributed by atoms with van der Waals surface area (Å²) in [6, 6.07) is 30.6. The molecule has 0 bridgehead atoms. The lowest BCUT2D eigenvalue weighted by molar-refractivity contribution is -0.139. The van der Waals surface area contributed by atoms with E-state index in [0.29, 0.717) is 0 Å². The Morgan fingerprint density at radius 3 is 1.81 bits per heavy atom. The number of halogens is 2. The zero-order chi connectivity index (χ0) is 27.6. The third kappa shape index (κ3) is 8.80. The second-order valence-corrected chi connectivity index (χ2v) is 12.6. The molecule has 3 rings (SSSR count). The predicted octanol–water partition coefficient (Wildman–Crippen LogP) is 6.71. The van der Waals surface area contributed by atoms with Gasteiger partial charge in [-0.3, -0.25) is 0 Å². The summed E-state index contributed by atoms with van der Waals surface area (Å²) in [5.74, 6) is -0.971. The van der Waals surface area contributed by atoms with Crippen molar-refractivity contribution in [3.05, 3.63) is 103 Å². The van der Waals surface area contributed by atoms with Gasteiger partial charge in [0.15, 0.2) is 14.7 Å². The zero-order valence-corrected chi connectivity index (χ0v) is 22.8. The summed E-state index contributed by atoms with van der Waals surface area (Å²) in [6.07, 6.45) is 0. The molecule has 1 atom stereocenters. The molecular weight excluding hydrogens is 518 g/mol. The van der Waals surface area contributed by atoms with Crippen LogP contribution in [0.1, 0.15) is 33.3 Å². The predicted molar refractivity (Wildman–Crippen MR) is 142 cm³/mol. The van der Waals surface area contributed by atoms with Gasteiger partial charge in [0.2, 0.25) is 0 Å². The van der Waals surface area contributed by atoms with Gasteiger partial charge < -0.3 is 4.74 Å². The number of hydrogen-bond acceptors (Lipinski definition) is 5. The van der Waals surface area contributed by atoms with Gasteiger partial charge in [-0.1, -0.05) is 86.3 Å². The number of esters is 1. The molecule has 0 heterocycles. The van der Waals surface area contributed by atoms with E-state index in [4.69, 9.17) is 0 Å². The third-order valence-electron chi connectivity index (χ3n) is 4.97. The van der Waals surface area contributed by atoms with Crippen LogP contribution in [-0.4, -0.2) is 26.5 Å². The molecule has 0 spiro atoms. The van der Waals surface area contributed by atoms with E-state index in [9.17, 15) is 22.1 Å². The average Bonchev–Trinajstić information content (AvgIpc) is 2.88. The molecule has 0 saturated heterocycles. The lowest BCUT2D eigenvalue weighted by atomic mass is 9.87. The van der Waals surface area contributed by atoms with E-state index in [-0.39, 0.29) is 21.9 Å². The highest BCUT2D eigenvalue weighted by Gasteiger charge is 2.34. The maximum atomic E-state index is 12.5. The summed E-state index contributed by atoms with van der Waals surface area (Å²) in [7, 11) is -5.03. The van der Waals surface area contributed by atoms with Crippen LogP contribution in [0.3, 0.4) is 0 Å². The Morgan fingerprint density at radius 2 is 1.38 bits per heavy atom. The van der Waals surface area contributed by atoms with Crippen LogP contribution in [0.25, 0.3) is 0 Å². The summed E-state index contributed by atoms with van der Waals surface area (Å²) in [6.45, 7) is 10.2. The van der Waals surface area contributed by atoms with E-state index in [1.807, 2.05) is 0 Å². The van der Waals surface area contributed by atoms with E-state index in [0.717, 1.165) is 0 Å². The normalized spacial score (nSPS) is 12.3. The summed E-state index contributed by atoms with van der Waals surface area (Å²) < 4.78 is 50.8. The molecule has 0 amide bonds. The van der Waals surface area contributed by atoms with Crippen molar-refractivity contribution >= 4 is 27.0 Å². The van der Waals surface area contributed by atoms with Crippen LogP contribution in [0.2, 0.25) is 0 Å². The minimum Gasteiger partial charge on any atom is -0.458 e. The molecule has 0 fully saturated rings. The van der Waals surface area contributed by atoms with E-state index < -0.39 is 28.2 Å². The second-order valence-electron chi connectivity index (χ2n) is 9.02. The van der Waals surface area contributed by atoms with Gasteiger partial charge in [-0.05, 0) is 47.2 Å². The Hall–Kier alpha value is -3.01. The lowest BCUT2D eigenvalue weighted by Crippen LogP contribution is -2.24. The molecule has 0 aromatic heterocycles.